The Labute approximate surface area is 174 Å². The van der Waals surface area contributed by atoms with Crippen LogP contribution in [0.15, 0.2) is 9.95 Å². The molecule has 4 rings (SSSR count). The van der Waals surface area contributed by atoms with E-state index in [0.717, 1.165) is 40.0 Å². The molecule has 7 heteroatoms. The van der Waals surface area contributed by atoms with Crippen molar-refractivity contribution >= 4 is 39.2 Å². The van der Waals surface area contributed by atoms with Gasteiger partial charge in [0, 0.05) is 24.0 Å². The molecule has 2 fully saturated rings. The minimum atomic E-state index is 0.0228. The zero-order valence-electron chi connectivity index (χ0n) is 17.0. The molecule has 5 nitrogen and oxygen atoms in total. The lowest BCUT2D eigenvalue weighted by atomic mass is 9.78. The lowest BCUT2D eigenvalue weighted by molar-refractivity contribution is -0.134. The first-order valence-corrected chi connectivity index (χ1v) is 12.2. The van der Waals surface area contributed by atoms with Crippen molar-refractivity contribution in [1.82, 2.24) is 14.5 Å². The van der Waals surface area contributed by atoms with Gasteiger partial charge in [-0.05, 0) is 57.9 Å². The molecule has 0 spiro atoms. The van der Waals surface area contributed by atoms with Crippen molar-refractivity contribution in [3.05, 3.63) is 20.8 Å². The summed E-state index contributed by atoms with van der Waals surface area (Å²) in [5, 5.41) is 1.41. The SMILES string of the molecule is CCn1c(SCC(=O)N2CCCC3CCCCC32)nc2sc(C)c(C)c2c1=O. The average molecular weight is 420 g/mol. The van der Waals surface area contributed by atoms with E-state index in [9.17, 15) is 9.59 Å². The molecule has 1 aliphatic heterocycles. The summed E-state index contributed by atoms with van der Waals surface area (Å²) in [6, 6.07) is 0.432. The number of carbonyl (C=O) groups excluding carboxylic acids is 1. The van der Waals surface area contributed by atoms with Crippen LogP contribution in [0.3, 0.4) is 0 Å². The standard InChI is InChI=1S/C21H29N3O2S2/c1-4-23-20(26)18-13(2)14(3)28-19(18)22-21(23)27-12-17(25)24-11-7-9-15-8-5-6-10-16(15)24/h15-16H,4-12H2,1-3H3. The van der Waals surface area contributed by atoms with Gasteiger partial charge in [-0.2, -0.15) is 0 Å². The number of nitrogens with zero attached hydrogens (tertiary/aromatic N) is 3. The Morgan fingerprint density at radius 2 is 1.96 bits per heavy atom. The van der Waals surface area contributed by atoms with E-state index in [1.807, 2.05) is 20.8 Å². The molecule has 0 bridgehead atoms. The fourth-order valence-electron chi connectivity index (χ4n) is 4.84. The third-order valence-corrected chi connectivity index (χ3v) is 8.52. The van der Waals surface area contributed by atoms with Crippen molar-refractivity contribution in [3.63, 3.8) is 0 Å². The van der Waals surface area contributed by atoms with Gasteiger partial charge < -0.3 is 4.90 Å². The second kappa shape index (κ2) is 8.19. The number of likely N-dealkylation sites (tertiary alicyclic amines) is 1. The third-order valence-electron chi connectivity index (χ3n) is 6.46. The summed E-state index contributed by atoms with van der Waals surface area (Å²) in [7, 11) is 0. The van der Waals surface area contributed by atoms with E-state index in [-0.39, 0.29) is 11.5 Å². The van der Waals surface area contributed by atoms with Gasteiger partial charge in [0.25, 0.3) is 5.56 Å². The maximum Gasteiger partial charge on any atom is 0.263 e. The minimum absolute atomic E-state index is 0.0228. The first kappa shape index (κ1) is 20.0. The molecular formula is C21H29N3O2S2. The van der Waals surface area contributed by atoms with Gasteiger partial charge in [0.15, 0.2) is 5.16 Å². The number of hydrogen-bond acceptors (Lipinski definition) is 5. The van der Waals surface area contributed by atoms with Crippen LogP contribution in [0, 0.1) is 19.8 Å². The normalized spacial score (nSPS) is 22.5. The number of thioether (sulfide) groups is 1. The average Bonchev–Trinajstić information content (AvgIpc) is 2.99. The molecule has 1 saturated heterocycles. The molecule has 1 aliphatic carbocycles. The molecule has 2 aromatic heterocycles. The lowest BCUT2D eigenvalue weighted by Gasteiger charge is -2.44. The van der Waals surface area contributed by atoms with Crippen LogP contribution in [0.4, 0.5) is 0 Å². The monoisotopic (exact) mass is 419 g/mol. The Kier molecular flexibility index (Phi) is 5.83. The largest absolute Gasteiger partial charge is 0.339 e. The summed E-state index contributed by atoms with van der Waals surface area (Å²) < 4.78 is 1.72. The zero-order chi connectivity index (χ0) is 19.8. The van der Waals surface area contributed by atoms with Crippen molar-refractivity contribution in [1.29, 1.82) is 0 Å². The molecule has 2 atom stereocenters. The molecule has 28 heavy (non-hydrogen) atoms. The van der Waals surface area contributed by atoms with E-state index >= 15 is 0 Å². The molecule has 1 saturated carbocycles. The predicted molar refractivity (Wildman–Crippen MR) is 116 cm³/mol. The second-order valence-corrected chi connectivity index (χ2v) is 10.2. The van der Waals surface area contributed by atoms with Gasteiger partial charge in [0.1, 0.15) is 4.83 Å². The number of carbonyl (C=O) groups is 1. The van der Waals surface area contributed by atoms with Crippen LogP contribution in [0.5, 0.6) is 0 Å². The van der Waals surface area contributed by atoms with Gasteiger partial charge in [0.05, 0.1) is 11.1 Å². The van der Waals surface area contributed by atoms with Crippen LogP contribution in [-0.4, -0.2) is 38.7 Å². The Morgan fingerprint density at radius 3 is 2.75 bits per heavy atom. The fourth-order valence-corrected chi connectivity index (χ4v) is 6.86. The van der Waals surface area contributed by atoms with Crippen molar-refractivity contribution in [2.75, 3.05) is 12.3 Å². The van der Waals surface area contributed by atoms with Crippen molar-refractivity contribution < 1.29 is 4.79 Å². The summed E-state index contributed by atoms with van der Waals surface area (Å²) in [5.41, 5.74) is 1.05. The van der Waals surface area contributed by atoms with Gasteiger partial charge in [-0.15, -0.1) is 11.3 Å². The van der Waals surface area contributed by atoms with Crippen molar-refractivity contribution in [2.45, 2.75) is 77.0 Å². The molecule has 152 valence electrons. The Bertz CT molecular complexity index is 947. The van der Waals surface area contributed by atoms with Crippen LogP contribution in [0.1, 0.15) is 55.9 Å². The molecule has 1 amide bonds. The number of aryl methyl sites for hydroxylation is 2. The highest BCUT2D eigenvalue weighted by molar-refractivity contribution is 7.99. The highest BCUT2D eigenvalue weighted by atomic mass is 32.2. The van der Waals surface area contributed by atoms with Crippen LogP contribution in [-0.2, 0) is 11.3 Å². The molecule has 3 heterocycles. The van der Waals surface area contributed by atoms with E-state index in [2.05, 4.69) is 4.90 Å². The number of amides is 1. The lowest BCUT2D eigenvalue weighted by Crippen LogP contribution is -2.50. The van der Waals surface area contributed by atoms with Crippen molar-refractivity contribution in [2.24, 2.45) is 5.92 Å². The van der Waals surface area contributed by atoms with Crippen LogP contribution >= 0.6 is 23.1 Å². The fraction of sp³-hybridized carbons (Fsp3) is 0.667. The van der Waals surface area contributed by atoms with E-state index in [0.29, 0.717) is 29.4 Å². The number of rotatable bonds is 4. The maximum atomic E-state index is 13.0. The van der Waals surface area contributed by atoms with Crippen LogP contribution in [0.2, 0.25) is 0 Å². The smallest absolute Gasteiger partial charge is 0.263 e. The highest BCUT2D eigenvalue weighted by Crippen LogP contribution is 2.36. The molecule has 2 unspecified atom stereocenters. The van der Waals surface area contributed by atoms with Crippen LogP contribution in [0.25, 0.3) is 10.2 Å². The summed E-state index contributed by atoms with van der Waals surface area (Å²) in [6.07, 6.45) is 7.36. The Hall–Kier alpha value is -1.34. The predicted octanol–water partition coefficient (Wildman–Crippen LogP) is 4.37. The Morgan fingerprint density at radius 1 is 1.21 bits per heavy atom. The number of thiophene rings is 1. The topological polar surface area (TPSA) is 55.2 Å². The Balaban J connectivity index is 1.55. The highest BCUT2D eigenvalue weighted by Gasteiger charge is 2.35. The molecule has 2 aromatic rings. The van der Waals surface area contributed by atoms with Gasteiger partial charge in [-0.3, -0.25) is 14.2 Å². The maximum absolute atomic E-state index is 13.0. The summed E-state index contributed by atoms with van der Waals surface area (Å²) in [4.78, 5) is 34.8. The zero-order valence-corrected chi connectivity index (χ0v) is 18.6. The van der Waals surface area contributed by atoms with Crippen molar-refractivity contribution in [3.8, 4) is 0 Å². The molecule has 0 radical (unpaired) electrons. The summed E-state index contributed by atoms with van der Waals surface area (Å²) in [6.45, 7) is 7.44. The molecule has 0 N–H and O–H groups in total. The molecular weight excluding hydrogens is 390 g/mol. The first-order valence-electron chi connectivity index (χ1n) is 10.4. The molecule has 2 aliphatic rings. The number of aromatic nitrogens is 2. The van der Waals surface area contributed by atoms with E-state index < -0.39 is 0 Å². The van der Waals surface area contributed by atoms with E-state index in [4.69, 9.17) is 4.98 Å². The van der Waals surface area contributed by atoms with Gasteiger partial charge in [0.2, 0.25) is 5.91 Å². The number of piperidine rings is 1. The third kappa shape index (κ3) is 3.52. The van der Waals surface area contributed by atoms with Gasteiger partial charge >= 0.3 is 0 Å². The second-order valence-electron chi connectivity index (χ2n) is 8.04. The summed E-state index contributed by atoms with van der Waals surface area (Å²) >= 11 is 2.99. The first-order chi connectivity index (χ1) is 13.5. The van der Waals surface area contributed by atoms with Crippen LogP contribution < -0.4 is 5.56 Å². The summed E-state index contributed by atoms with van der Waals surface area (Å²) in [5.74, 6) is 1.26. The van der Waals surface area contributed by atoms with Gasteiger partial charge in [-0.1, -0.05) is 24.6 Å². The number of hydrogen-bond donors (Lipinski definition) is 0. The van der Waals surface area contributed by atoms with Gasteiger partial charge in [-0.25, -0.2) is 4.98 Å². The minimum Gasteiger partial charge on any atom is -0.339 e. The van der Waals surface area contributed by atoms with E-state index in [1.165, 1.54) is 37.4 Å². The quantitative estimate of drug-likeness (QED) is 0.545. The number of fused-ring (bicyclic) bond motifs is 2. The molecule has 0 aromatic carbocycles. The van der Waals surface area contributed by atoms with E-state index in [1.54, 1.807) is 15.9 Å².